The van der Waals surface area contributed by atoms with Crippen molar-refractivity contribution in [1.29, 1.82) is 0 Å². The molecule has 5 nitrogen and oxygen atoms in total. The van der Waals surface area contributed by atoms with Gasteiger partial charge in [0.15, 0.2) is 6.04 Å². The van der Waals surface area contributed by atoms with Gasteiger partial charge < -0.3 is 14.9 Å². The molecule has 1 atom stereocenters. The first-order valence-corrected chi connectivity index (χ1v) is 7.31. The number of hydrogen-bond acceptors (Lipinski definition) is 4. The van der Waals surface area contributed by atoms with Crippen LogP contribution in [0.4, 0.5) is 4.48 Å². The van der Waals surface area contributed by atoms with E-state index in [1.54, 1.807) is 36.4 Å². The molecule has 0 aliphatic carbocycles. The van der Waals surface area contributed by atoms with E-state index in [0.717, 1.165) is 0 Å². The molecular formula is C15H13FINO4. The third-order valence-electron chi connectivity index (χ3n) is 2.95. The van der Waals surface area contributed by atoms with Gasteiger partial charge in [0.05, 0.1) is 22.9 Å². The Kier molecular flexibility index (Phi) is 5.56. The largest absolute Gasteiger partial charge is 0.508 e. The van der Waals surface area contributed by atoms with Gasteiger partial charge in [0.1, 0.15) is 17.2 Å². The molecule has 0 fully saturated rings. The summed E-state index contributed by atoms with van der Waals surface area (Å²) >= 11 is 1.31. The fourth-order valence-electron chi connectivity index (χ4n) is 1.81. The highest BCUT2D eigenvalue weighted by atomic mass is 127. The van der Waals surface area contributed by atoms with Gasteiger partial charge in [-0.25, -0.2) is 0 Å². The predicted molar refractivity (Wildman–Crippen MR) is 86.7 cm³/mol. The second kappa shape index (κ2) is 7.41. The van der Waals surface area contributed by atoms with E-state index in [0.29, 0.717) is 17.1 Å². The first kappa shape index (κ1) is 16.5. The number of phenols is 1. The molecule has 0 unspecified atom stereocenters. The molecule has 0 saturated carbocycles. The van der Waals surface area contributed by atoms with Crippen LogP contribution in [0.3, 0.4) is 0 Å². The van der Waals surface area contributed by atoms with Crippen molar-refractivity contribution in [1.82, 2.24) is 3.34 Å². The molecule has 2 aromatic rings. The highest BCUT2D eigenvalue weighted by molar-refractivity contribution is 14.1. The van der Waals surface area contributed by atoms with E-state index in [1.165, 1.54) is 35.0 Å². The first-order chi connectivity index (χ1) is 10.5. The Hall–Kier alpha value is -1.87. The van der Waals surface area contributed by atoms with Crippen LogP contribution in [0, 0.1) is 0 Å². The second-order valence-electron chi connectivity index (χ2n) is 4.56. The summed E-state index contributed by atoms with van der Waals surface area (Å²) in [6, 6.07) is 11.8. The molecule has 116 valence electrons. The number of nitrogens with zero attached hydrogens (tertiary/aromatic N) is 1. The second-order valence-corrected chi connectivity index (χ2v) is 5.48. The molecule has 7 heteroatoms. The zero-order valence-electron chi connectivity index (χ0n) is 11.3. The van der Waals surface area contributed by atoms with Crippen LogP contribution in [0.25, 0.3) is 0 Å². The molecule has 0 radical (unpaired) electrons. The average Bonchev–Trinajstić information content (AvgIpc) is 2.48. The van der Waals surface area contributed by atoms with Crippen LogP contribution in [0.5, 0.6) is 17.2 Å². The Morgan fingerprint density at radius 1 is 1.14 bits per heavy atom. The molecule has 2 rings (SSSR count). The van der Waals surface area contributed by atoms with Crippen LogP contribution in [0.2, 0.25) is 0 Å². The highest BCUT2D eigenvalue weighted by Crippen LogP contribution is 2.24. The Morgan fingerprint density at radius 2 is 1.64 bits per heavy atom. The summed E-state index contributed by atoms with van der Waals surface area (Å²) in [6.07, 6.45) is 0.0499. The molecule has 2 N–H and O–H groups in total. The number of benzene rings is 2. The van der Waals surface area contributed by atoms with E-state index in [-0.39, 0.29) is 15.5 Å². The summed E-state index contributed by atoms with van der Waals surface area (Å²) in [5, 5.41) is 18.1. The van der Waals surface area contributed by atoms with E-state index in [2.05, 4.69) is 0 Å². The number of aliphatic carboxylic acids is 1. The van der Waals surface area contributed by atoms with Crippen LogP contribution in [0.15, 0.2) is 48.5 Å². The molecular weight excluding hydrogens is 404 g/mol. The van der Waals surface area contributed by atoms with Crippen molar-refractivity contribution in [3.05, 3.63) is 54.1 Å². The zero-order valence-corrected chi connectivity index (χ0v) is 13.5. The van der Waals surface area contributed by atoms with Gasteiger partial charge in [-0.05, 0) is 42.0 Å². The van der Waals surface area contributed by atoms with Crippen molar-refractivity contribution in [3.8, 4) is 17.2 Å². The van der Waals surface area contributed by atoms with Gasteiger partial charge >= 0.3 is 5.97 Å². The van der Waals surface area contributed by atoms with Gasteiger partial charge in [0.2, 0.25) is 0 Å². The van der Waals surface area contributed by atoms with E-state index >= 15 is 0 Å². The number of hydrogen-bond donors (Lipinski definition) is 2. The Bertz CT molecular complexity index is 631. The number of carboxylic acid groups (broad SMARTS) is 1. The van der Waals surface area contributed by atoms with Crippen LogP contribution >= 0.6 is 22.9 Å². The number of ether oxygens (including phenoxy) is 1. The van der Waals surface area contributed by atoms with Crippen molar-refractivity contribution >= 4 is 28.8 Å². The van der Waals surface area contributed by atoms with E-state index in [4.69, 9.17) is 9.84 Å². The minimum absolute atomic E-state index is 0.0499. The minimum Gasteiger partial charge on any atom is -0.508 e. The van der Waals surface area contributed by atoms with Gasteiger partial charge in [0.25, 0.3) is 0 Å². The number of rotatable bonds is 6. The van der Waals surface area contributed by atoms with E-state index in [9.17, 15) is 14.4 Å². The van der Waals surface area contributed by atoms with Crippen molar-refractivity contribution < 1.29 is 24.2 Å². The standard InChI is InChI=1S/C15H13FINO4/c16-18(17)14(15(20)21)9-10-1-5-12(6-2-10)22-13-7-3-11(19)4-8-13/h1-8,14,19H,9H2,(H,20,21)/t14-/m0/s1. The first-order valence-electron chi connectivity index (χ1n) is 6.35. The zero-order chi connectivity index (χ0) is 16.1. The van der Waals surface area contributed by atoms with Gasteiger partial charge in [0, 0.05) is 6.42 Å². The monoisotopic (exact) mass is 417 g/mol. The summed E-state index contributed by atoms with van der Waals surface area (Å²) in [7, 11) is 0. The maximum atomic E-state index is 13.1. The Morgan fingerprint density at radius 3 is 2.09 bits per heavy atom. The summed E-state index contributed by atoms with van der Waals surface area (Å²) in [6.45, 7) is 0. The Balaban J connectivity index is 2.03. The molecule has 0 aromatic heterocycles. The number of carboxylic acids is 1. The molecule has 0 bridgehead atoms. The quantitative estimate of drug-likeness (QED) is 0.554. The fourth-order valence-corrected chi connectivity index (χ4v) is 2.24. The smallest absolute Gasteiger partial charge is 0.324 e. The lowest BCUT2D eigenvalue weighted by molar-refractivity contribution is -0.143. The molecule has 0 spiro atoms. The Labute approximate surface area is 140 Å². The van der Waals surface area contributed by atoms with Crippen molar-refractivity contribution in [2.75, 3.05) is 0 Å². The molecule has 0 aliphatic rings. The number of carbonyl (C=O) groups is 1. The van der Waals surface area contributed by atoms with Crippen LogP contribution in [-0.2, 0) is 11.2 Å². The predicted octanol–water partition coefficient (Wildman–Crippen LogP) is 3.72. The summed E-state index contributed by atoms with van der Waals surface area (Å²) in [4.78, 5) is 10.9. The maximum absolute atomic E-state index is 13.1. The van der Waals surface area contributed by atoms with Gasteiger partial charge in [-0.1, -0.05) is 15.5 Å². The third kappa shape index (κ3) is 4.57. The fraction of sp³-hybridized carbons (Fsp3) is 0.133. The van der Waals surface area contributed by atoms with Crippen molar-refractivity contribution in [2.24, 2.45) is 0 Å². The topological polar surface area (TPSA) is 70.0 Å². The number of halogens is 2. The minimum atomic E-state index is -1.23. The van der Waals surface area contributed by atoms with Gasteiger partial charge in [-0.3, -0.25) is 4.79 Å². The van der Waals surface area contributed by atoms with Gasteiger partial charge in [-0.15, -0.1) is 4.48 Å². The number of phenolic OH excluding ortho intramolecular Hbond substituents is 1. The number of aromatic hydroxyl groups is 1. The highest BCUT2D eigenvalue weighted by Gasteiger charge is 2.24. The molecule has 22 heavy (non-hydrogen) atoms. The van der Waals surface area contributed by atoms with Crippen LogP contribution in [0.1, 0.15) is 5.56 Å². The molecule has 0 saturated heterocycles. The van der Waals surface area contributed by atoms with Crippen LogP contribution in [-0.4, -0.2) is 25.6 Å². The molecule has 0 heterocycles. The van der Waals surface area contributed by atoms with E-state index in [1.807, 2.05) is 0 Å². The molecule has 0 amide bonds. The summed E-state index contributed by atoms with van der Waals surface area (Å²) < 4.78 is 18.8. The normalized spacial score (nSPS) is 12.1. The van der Waals surface area contributed by atoms with Crippen molar-refractivity contribution in [2.45, 2.75) is 12.5 Å². The third-order valence-corrected chi connectivity index (χ3v) is 3.62. The van der Waals surface area contributed by atoms with E-state index < -0.39 is 12.0 Å². The SMILES string of the molecule is O=C(O)[C@H](Cc1ccc(Oc2ccc(O)cc2)cc1)N(F)I. The van der Waals surface area contributed by atoms with Gasteiger partial charge in [-0.2, -0.15) is 0 Å². The summed E-state index contributed by atoms with van der Waals surface area (Å²) in [5.41, 5.74) is 0.685. The lowest BCUT2D eigenvalue weighted by Gasteiger charge is -2.14. The van der Waals surface area contributed by atoms with Crippen LogP contribution < -0.4 is 4.74 Å². The lowest BCUT2D eigenvalue weighted by Crippen LogP contribution is -2.31. The maximum Gasteiger partial charge on any atom is 0.324 e. The lowest BCUT2D eigenvalue weighted by atomic mass is 10.1. The molecule has 0 aliphatic heterocycles. The summed E-state index contributed by atoms with van der Waals surface area (Å²) in [5.74, 6) is 0.0577. The average molecular weight is 417 g/mol. The molecule has 2 aromatic carbocycles. The van der Waals surface area contributed by atoms with Crippen molar-refractivity contribution in [3.63, 3.8) is 0 Å².